The molecule has 0 aromatic carbocycles. The van der Waals surface area contributed by atoms with Crippen molar-refractivity contribution in [2.24, 2.45) is 0 Å². The number of alkyl halides is 6. The lowest BCUT2D eigenvalue weighted by Crippen LogP contribution is -2.37. The van der Waals surface area contributed by atoms with Gasteiger partial charge in [0.1, 0.15) is 17.9 Å². The van der Waals surface area contributed by atoms with Crippen LogP contribution in [0.15, 0.2) is 48.9 Å². The zero-order valence-corrected chi connectivity index (χ0v) is 18.5. The van der Waals surface area contributed by atoms with Crippen molar-refractivity contribution in [1.29, 1.82) is 0 Å². The average molecular weight is 514 g/mol. The predicted octanol–water partition coefficient (Wildman–Crippen LogP) is 4.40. The number of aromatic nitrogens is 3. The van der Waals surface area contributed by atoms with E-state index in [-0.39, 0.29) is 29.3 Å². The van der Waals surface area contributed by atoms with Crippen LogP contribution in [0.3, 0.4) is 0 Å². The van der Waals surface area contributed by atoms with Gasteiger partial charge < -0.3 is 9.47 Å². The van der Waals surface area contributed by atoms with Crippen LogP contribution in [0, 0.1) is 0 Å². The van der Waals surface area contributed by atoms with E-state index in [4.69, 9.17) is 4.74 Å². The second-order valence-electron chi connectivity index (χ2n) is 7.04. The maximum Gasteiger partial charge on any atom is 0.433 e. The third-order valence-corrected chi connectivity index (χ3v) is 4.76. The third kappa shape index (κ3) is 5.70. The number of esters is 1. The molecule has 14 heteroatoms. The van der Waals surface area contributed by atoms with E-state index in [1.54, 1.807) is 6.07 Å². The van der Waals surface area contributed by atoms with Gasteiger partial charge in [0.15, 0.2) is 0 Å². The molecule has 0 unspecified atom stereocenters. The molecule has 3 heterocycles. The number of nitrogens with zero attached hydrogens (tertiary/aromatic N) is 4. The highest BCUT2D eigenvalue weighted by Gasteiger charge is 2.40. The maximum atomic E-state index is 13.4. The highest BCUT2D eigenvalue weighted by Crippen LogP contribution is 2.37. The summed E-state index contributed by atoms with van der Waals surface area (Å²) in [6.07, 6.45) is -6.73. The number of pyridine rings is 3. The first kappa shape index (κ1) is 26.4. The Hall–Kier alpha value is -4.23. The summed E-state index contributed by atoms with van der Waals surface area (Å²) in [6, 6.07) is 4.82. The minimum absolute atomic E-state index is 0.0954. The van der Waals surface area contributed by atoms with Crippen molar-refractivity contribution in [3.8, 4) is 17.0 Å². The smallest absolute Gasteiger partial charge is 0.433 e. The van der Waals surface area contributed by atoms with Crippen LogP contribution in [0.4, 0.5) is 32.0 Å². The summed E-state index contributed by atoms with van der Waals surface area (Å²) in [6.45, 7) is -0.859. The molecule has 0 atom stereocenters. The number of hydrogen-bond acceptors (Lipinski definition) is 7. The molecule has 0 saturated heterocycles. The highest BCUT2D eigenvalue weighted by molar-refractivity contribution is 6.10. The molecule has 3 rings (SSSR count). The van der Waals surface area contributed by atoms with Gasteiger partial charge in [0.2, 0.25) is 5.88 Å². The summed E-state index contributed by atoms with van der Waals surface area (Å²) < 4.78 is 89.6. The number of ether oxygens (including phenoxy) is 2. The number of halogens is 6. The minimum Gasteiger partial charge on any atom is -0.481 e. The first-order valence-electron chi connectivity index (χ1n) is 9.85. The summed E-state index contributed by atoms with van der Waals surface area (Å²) >= 11 is 0. The lowest BCUT2D eigenvalue weighted by molar-refractivity contribution is -0.150. The van der Waals surface area contributed by atoms with Crippen molar-refractivity contribution in [2.45, 2.75) is 12.4 Å². The number of amides is 1. The molecule has 0 aliphatic rings. The van der Waals surface area contributed by atoms with Crippen LogP contribution in [-0.4, -0.2) is 47.6 Å². The monoisotopic (exact) mass is 514 g/mol. The fraction of sp³-hybridized carbons (Fsp3) is 0.227. The van der Waals surface area contributed by atoms with Crippen LogP contribution >= 0.6 is 0 Å². The molecule has 0 N–H and O–H groups in total. The van der Waals surface area contributed by atoms with Gasteiger partial charge in [-0.15, -0.1) is 0 Å². The van der Waals surface area contributed by atoms with E-state index < -0.39 is 47.7 Å². The molecular weight excluding hydrogens is 498 g/mol. The molecule has 36 heavy (non-hydrogen) atoms. The highest BCUT2D eigenvalue weighted by atomic mass is 19.4. The van der Waals surface area contributed by atoms with E-state index in [2.05, 4.69) is 19.7 Å². The van der Waals surface area contributed by atoms with Gasteiger partial charge in [0.25, 0.3) is 5.91 Å². The Morgan fingerprint density at radius 2 is 1.58 bits per heavy atom. The Kier molecular flexibility index (Phi) is 7.45. The first-order chi connectivity index (χ1) is 16.9. The quantitative estimate of drug-likeness (QED) is 0.356. The minimum atomic E-state index is -5.29. The summed E-state index contributed by atoms with van der Waals surface area (Å²) in [5, 5.41) is 0. The second kappa shape index (κ2) is 10.2. The molecule has 0 radical (unpaired) electrons. The van der Waals surface area contributed by atoms with Crippen LogP contribution in [-0.2, 0) is 21.9 Å². The molecule has 0 aliphatic heterocycles. The van der Waals surface area contributed by atoms with Crippen LogP contribution in [0.5, 0.6) is 5.88 Å². The Labute approximate surface area is 199 Å². The van der Waals surface area contributed by atoms with Crippen LogP contribution in [0.2, 0.25) is 0 Å². The van der Waals surface area contributed by atoms with Gasteiger partial charge >= 0.3 is 18.3 Å². The second-order valence-corrected chi connectivity index (χ2v) is 7.04. The number of anilines is 1. The van der Waals surface area contributed by atoms with Gasteiger partial charge in [-0.25, -0.2) is 9.97 Å². The molecule has 0 bridgehead atoms. The number of carbonyl (C=O) groups excluding carboxylic acids is 2. The Morgan fingerprint density at radius 1 is 0.944 bits per heavy atom. The van der Waals surface area contributed by atoms with Crippen molar-refractivity contribution in [1.82, 2.24) is 15.0 Å². The Balaban J connectivity index is 2.23. The zero-order valence-electron chi connectivity index (χ0n) is 18.5. The standard InChI is InChI=1S/C22H16F6N4O4/c1-35-18(33)11-32(15-10-29-7-5-13(15)14-4-3-6-30-19(14)36-2)20(34)12-8-16(21(23,24)25)31-17(9-12)22(26,27)28/h3-10H,11H2,1-2H3. The van der Waals surface area contributed by atoms with E-state index in [0.29, 0.717) is 10.5 Å². The lowest BCUT2D eigenvalue weighted by atomic mass is 10.0. The van der Waals surface area contributed by atoms with Gasteiger partial charge in [-0.05, 0) is 30.3 Å². The van der Waals surface area contributed by atoms with Gasteiger partial charge in [-0.1, -0.05) is 0 Å². The molecule has 3 aromatic heterocycles. The third-order valence-electron chi connectivity index (χ3n) is 4.76. The number of methoxy groups -OCH3 is 2. The van der Waals surface area contributed by atoms with Crippen molar-refractivity contribution >= 4 is 17.6 Å². The number of rotatable bonds is 6. The lowest BCUT2D eigenvalue weighted by Gasteiger charge is -2.25. The number of carbonyl (C=O) groups is 2. The fourth-order valence-electron chi connectivity index (χ4n) is 3.15. The van der Waals surface area contributed by atoms with E-state index in [0.717, 1.165) is 13.3 Å². The largest absolute Gasteiger partial charge is 0.481 e. The van der Waals surface area contributed by atoms with E-state index in [9.17, 15) is 35.9 Å². The van der Waals surface area contributed by atoms with Gasteiger partial charge in [-0.3, -0.25) is 19.5 Å². The predicted molar refractivity (Wildman–Crippen MR) is 112 cm³/mol. The van der Waals surface area contributed by atoms with Crippen molar-refractivity contribution in [2.75, 3.05) is 25.7 Å². The van der Waals surface area contributed by atoms with Crippen molar-refractivity contribution < 1.29 is 45.4 Å². The van der Waals surface area contributed by atoms with Crippen LogP contribution in [0.1, 0.15) is 21.7 Å². The maximum absolute atomic E-state index is 13.4. The van der Waals surface area contributed by atoms with Crippen LogP contribution in [0.25, 0.3) is 11.1 Å². The Morgan fingerprint density at radius 3 is 2.14 bits per heavy atom. The summed E-state index contributed by atoms with van der Waals surface area (Å²) in [5.41, 5.74) is -4.49. The molecule has 0 aliphatic carbocycles. The molecular formula is C22H16F6N4O4. The fourth-order valence-corrected chi connectivity index (χ4v) is 3.15. The van der Waals surface area contributed by atoms with Crippen LogP contribution < -0.4 is 9.64 Å². The molecule has 0 spiro atoms. The molecule has 190 valence electrons. The molecule has 0 saturated carbocycles. The normalized spacial score (nSPS) is 11.7. The molecule has 0 fully saturated rings. The average Bonchev–Trinajstić information content (AvgIpc) is 2.85. The Bertz CT molecular complexity index is 1250. The van der Waals surface area contributed by atoms with E-state index in [1.807, 2.05) is 0 Å². The number of hydrogen-bond donors (Lipinski definition) is 0. The molecule has 1 amide bonds. The van der Waals surface area contributed by atoms with E-state index in [1.165, 1.54) is 31.6 Å². The molecule has 8 nitrogen and oxygen atoms in total. The van der Waals surface area contributed by atoms with Crippen molar-refractivity contribution in [3.05, 3.63) is 65.9 Å². The van der Waals surface area contributed by atoms with Gasteiger partial charge in [0.05, 0.1) is 26.1 Å². The topological polar surface area (TPSA) is 94.5 Å². The van der Waals surface area contributed by atoms with E-state index >= 15 is 0 Å². The first-order valence-corrected chi connectivity index (χ1v) is 9.85. The van der Waals surface area contributed by atoms with Gasteiger partial charge in [0, 0.05) is 29.1 Å². The van der Waals surface area contributed by atoms with Crippen molar-refractivity contribution in [3.63, 3.8) is 0 Å². The summed E-state index contributed by atoms with van der Waals surface area (Å²) in [5.74, 6) is -2.27. The summed E-state index contributed by atoms with van der Waals surface area (Å²) in [4.78, 5) is 36.7. The molecule has 3 aromatic rings. The van der Waals surface area contributed by atoms with Gasteiger partial charge in [-0.2, -0.15) is 26.3 Å². The zero-order chi connectivity index (χ0) is 26.7. The summed E-state index contributed by atoms with van der Waals surface area (Å²) in [7, 11) is 2.31. The SMILES string of the molecule is COC(=O)CN(C(=O)c1cc(C(F)(F)F)nc(C(F)(F)F)c1)c1cnccc1-c1cccnc1OC.